The third kappa shape index (κ3) is 3.19. The number of nitrogens with one attached hydrogen (secondary N) is 1. The topological polar surface area (TPSA) is 73.3 Å². The third-order valence-electron chi connectivity index (χ3n) is 5.06. The van der Waals surface area contributed by atoms with Gasteiger partial charge in [0.2, 0.25) is 0 Å². The maximum atomic E-state index is 9.66. The number of nitrogens with zero attached hydrogens (tertiary/aromatic N) is 3. The van der Waals surface area contributed by atoms with Crippen molar-refractivity contribution in [2.45, 2.75) is 25.8 Å². The number of nitriles is 1. The number of imidazole rings is 1. The van der Waals surface area contributed by atoms with Crippen LogP contribution in [0.25, 0.3) is 16.7 Å². The predicted octanol–water partition coefficient (Wildman–Crippen LogP) is 4.59. The Kier molecular flexibility index (Phi) is 4.96. The van der Waals surface area contributed by atoms with Crippen molar-refractivity contribution in [3.05, 3.63) is 77.4 Å². The summed E-state index contributed by atoms with van der Waals surface area (Å²) in [5.74, 6) is 0.895. The molecular formula is C23H22N4O. The molecule has 5 nitrogen and oxygen atoms in total. The Labute approximate surface area is 163 Å². The lowest BCUT2D eigenvalue weighted by Crippen LogP contribution is -2.14. The second-order valence-corrected chi connectivity index (χ2v) is 6.93. The maximum Gasteiger partial charge on any atom is 0.157 e. The summed E-state index contributed by atoms with van der Waals surface area (Å²) in [4.78, 5) is 4.71. The van der Waals surface area contributed by atoms with Crippen LogP contribution in [0.2, 0.25) is 0 Å². The molecule has 0 bridgehead atoms. The van der Waals surface area contributed by atoms with E-state index in [1.54, 1.807) is 0 Å². The standard InChI is InChI=1S/C23H22N4O/c1-16-14-22(25-19(11-7-13-28)17-8-3-2-4-9-17)27-21-12-6-5-10-20(21)26-23(27)18(16)15-24/h2-6,8-10,12,14,19,25,28H,7,11,13H2,1H3. The molecule has 28 heavy (non-hydrogen) atoms. The van der Waals surface area contributed by atoms with Crippen molar-refractivity contribution in [3.8, 4) is 6.07 Å². The minimum Gasteiger partial charge on any atom is -0.396 e. The highest BCUT2D eigenvalue weighted by Crippen LogP contribution is 2.30. The first-order valence-corrected chi connectivity index (χ1v) is 9.46. The lowest BCUT2D eigenvalue weighted by molar-refractivity contribution is 0.281. The van der Waals surface area contributed by atoms with Crippen molar-refractivity contribution in [3.63, 3.8) is 0 Å². The fourth-order valence-electron chi connectivity index (χ4n) is 3.68. The molecule has 5 heteroatoms. The van der Waals surface area contributed by atoms with E-state index in [9.17, 15) is 10.4 Å². The summed E-state index contributed by atoms with van der Waals surface area (Å²) in [6.45, 7) is 2.09. The predicted molar refractivity (Wildman–Crippen MR) is 111 cm³/mol. The molecule has 0 saturated carbocycles. The first-order valence-electron chi connectivity index (χ1n) is 9.46. The SMILES string of the molecule is Cc1cc(NC(CCCO)c2ccccc2)n2c(nc3ccccc32)c1C#N. The van der Waals surface area contributed by atoms with Gasteiger partial charge in [0.05, 0.1) is 22.6 Å². The quantitative estimate of drug-likeness (QED) is 0.520. The van der Waals surface area contributed by atoms with Crippen LogP contribution in [0.3, 0.4) is 0 Å². The van der Waals surface area contributed by atoms with E-state index in [1.807, 2.05) is 59.9 Å². The minimum atomic E-state index is 0.0463. The Morgan fingerprint density at radius 3 is 2.64 bits per heavy atom. The number of benzene rings is 2. The van der Waals surface area contributed by atoms with E-state index in [4.69, 9.17) is 4.98 Å². The molecule has 2 aromatic heterocycles. The van der Waals surface area contributed by atoms with E-state index in [0.29, 0.717) is 17.6 Å². The second-order valence-electron chi connectivity index (χ2n) is 6.93. The van der Waals surface area contributed by atoms with Gasteiger partial charge in [0.15, 0.2) is 5.65 Å². The van der Waals surface area contributed by atoms with Crippen LogP contribution in [0.4, 0.5) is 5.82 Å². The van der Waals surface area contributed by atoms with E-state index in [-0.39, 0.29) is 12.6 Å². The average Bonchev–Trinajstić information content (AvgIpc) is 3.11. The highest BCUT2D eigenvalue weighted by Gasteiger charge is 2.18. The van der Waals surface area contributed by atoms with Gasteiger partial charge in [-0.1, -0.05) is 42.5 Å². The largest absolute Gasteiger partial charge is 0.396 e. The highest BCUT2D eigenvalue weighted by atomic mass is 16.2. The van der Waals surface area contributed by atoms with E-state index in [0.717, 1.165) is 34.4 Å². The van der Waals surface area contributed by atoms with Gasteiger partial charge in [-0.25, -0.2) is 4.98 Å². The molecule has 0 amide bonds. The third-order valence-corrected chi connectivity index (χ3v) is 5.06. The molecule has 0 radical (unpaired) electrons. The Morgan fingerprint density at radius 1 is 1.14 bits per heavy atom. The molecule has 0 fully saturated rings. The Hall–Kier alpha value is -3.36. The minimum absolute atomic E-state index is 0.0463. The van der Waals surface area contributed by atoms with Crippen molar-refractivity contribution in [2.75, 3.05) is 11.9 Å². The zero-order valence-electron chi connectivity index (χ0n) is 15.8. The molecule has 0 aliphatic rings. The molecule has 0 spiro atoms. The van der Waals surface area contributed by atoms with E-state index >= 15 is 0 Å². The van der Waals surface area contributed by atoms with Crippen LogP contribution in [-0.4, -0.2) is 21.1 Å². The number of rotatable bonds is 6. The second kappa shape index (κ2) is 7.71. The molecule has 4 rings (SSSR count). The number of pyridine rings is 1. The summed E-state index contributed by atoms with van der Waals surface area (Å²) in [5, 5.41) is 22.6. The van der Waals surface area contributed by atoms with Crippen molar-refractivity contribution in [1.29, 1.82) is 5.26 Å². The molecule has 140 valence electrons. The number of aryl methyl sites for hydroxylation is 1. The van der Waals surface area contributed by atoms with Gasteiger partial charge in [0, 0.05) is 6.61 Å². The van der Waals surface area contributed by atoms with Crippen LogP contribution in [-0.2, 0) is 0 Å². The van der Waals surface area contributed by atoms with Crippen LogP contribution >= 0.6 is 0 Å². The molecule has 2 N–H and O–H groups in total. The number of aromatic nitrogens is 2. The molecule has 2 aromatic carbocycles. The Bertz CT molecular complexity index is 1160. The zero-order valence-corrected chi connectivity index (χ0v) is 15.8. The van der Waals surface area contributed by atoms with Crippen LogP contribution in [0.1, 0.15) is 35.6 Å². The summed E-state index contributed by atoms with van der Waals surface area (Å²) in [6, 6.07) is 22.5. The van der Waals surface area contributed by atoms with Gasteiger partial charge in [0.1, 0.15) is 11.9 Å². The number of aliphatic hydroxyl groups is 1. The first-order chi connectivity index (χ1) is 13.7. The summed E-state index contributed by atoms with van der Waals surface area (Å²) in [6.07, 6.45) is 1.50. The molecular weight excluding hydrogens is 348 g/mol. The maximum absolute atomic E-state index is 9.66. The van der Waals surface area contributed by atoms with Gasteiger partial charge in [-0.2, -0.15) is 5.26 Å². The number of hydrogen-bond acceptors (Lipinski definition) is 4. The highest BCUT2D eigenvalue weighted by molar-refractivity contribution is 5.85. The van der Waals surface area contributed by atoms with Gasteiger partial charge in [-0.15, -0.1) is 0 Å². The Balaban J connectivity index is 1.88. The smallest absolute Gasteiger partial charge is 0.157 e. The number of hydrogen-bond donors (Lipinski definition) is 2. The fourth-order valence-corrected chi connectivity index (χ4v) is 3.68. The van der Waals surface area contributed by atoms with Crippen LogP contribution in [0, 0.1) is 18.3 Å². The summed E-state index contributed by atoms with van der Waals surface area (Å²) in [5.41, 5.74) is 5.13. The molecule has 0 aliphatic carbocycles. The first kappa shape index (κ1) is 18.0. The summed E-state index contributed by atoms with van der Waals surface area (Å²) in [7, 11) is 0. The molecule has 2 heterocycles. The fraction of sp³-hybridized carbons (Fsp3) is 0.217. The van der Waals surface area contributed by atoms with Gasteiger partial charge in [-0.05, 0) is 49.1 Å². The summed E-state index contributed by atoms with van der Waals surface area (Å²) < 4.78 is 2.02. The van der Waals surface area contributed by atoms with Crippen molar-refractivity contribution in [1.82, 2.24) is 9.38 Å². The zero-order chi connectivity index (χ0) is 19.5. The van der Waals surface area contributed by atoms with Gasteiger partial charge in [-0.3, -0.25) is 4.40 Å². The molecule has 0 aliphatic heterocycles. The average molecular weight is 370 g/mol. The van der Waals surface area contributed by atoms with E-state index in [2.05, 4.69) is 23.5 Å². The van der Waals surface area contributed by atoms with Gasteiger partial charge in [0.25, 0.3) is 0 Å². The normalized spacial score (nSPS) is 12.2. The summed E-state index contributed by atoms with van der Waals surface area (Å²) >= 11 is 0. The van der Waals surface area contributed by atoms with Crippen LogP contribution < -0.4 is 5.32 Å². The van der Waals surface area contributed by atoms with E-state index < -0.39 is 0 Å². The van der Waals surface area contributed by atoms with Crippen molar-refractivity contribution >= 4 is 22.5 Å². The van der Waals surface area contributed by atoms with Crippen LogP contribution in [0.15, 0.2) is 60.7 Å². The monoisotopic (exact) mass is 370 g/mol. The van der Waals surface area contributed by atoms with Crippen molar-refractivity contribution < 1.29 is 5.11 Å². The lowest BCUT2D eigenvalue weighted by Gasteiger charge is -2.22. The number of para-hydroxylation sites is 2. The molecule has 1 unspecified atom stereocenters. The number of fused-ring (bicyclic) bond motifs is 3. The molecule has 0 saturated heterocycles. The van der Waals surface area contributed by atoms with Crippen LogP contribution in [0.5, 0.6) is 0 Å². The van der Waals surface area contributed by atoms with E-state index in [1.165, 1.54) is 0 Å². The Morgan fingerprint density at radius 2 is 1.89 bits per heavy atom. The number of aliphatic hydroxyl groups excluding tert-OH is 1. The van der Waals surface area contributed by atoms with Gasteiger partial charge < -0.3 is 10.4 Å². The number of anilines is 1. The van der Waals surface area contributed by atoms with Gasteiger partial charge >= 0.3 is 0 Å². The lowest BCUT2D eigenvalue weighted by atomic mass is 10.0. The molecule has 1 atom stereocenters. The van der Waals surface area contributed by atoms with Crippen molar-refractivity contribution in [2.24, 2.45) is 0 Å². The molecule has 4 aromatic rings.